The molecule has 12 heteroatoms. The first-order chi connectivity index (χ1) is 13.6. The third-order valence-electron chi connectivity index (χ3n) is 4.80. The average molecular weight is 427 g/mol. The molecule has 2 aliphatic rings. The second kappa shape index (κ2) is 9.45. The van der Waals surface area contributed by atoms with Gasteiger partial charge in [0, 0.05) is 44.4 Å². The summed E-state index contributed by atoms with van der Waals surface area (Å²) in [5.74, 6) is -2.08. The van der Waals surface area contributed by atoms with Crippen LogP contribution in [0.25, 0.3) is 0 Å². The van der Waals surface area contributed by atoms with Gasteiger partial charge >= 0.3 is 5.97 Å². The van der Waals surface area contributed by atoms with Crippen LogP contribution in [0.5, 0.6) is 0 Å². The Bertz CT molecular complexity index is 779. The van der Waals surface area contributed by atoms with Gasteiger partial charge < -0.3 is 10.0 Å². The molecule has 0 aromatic rings. The number of imide groups is 1. The number of rotatable bonds is 11. The van der Waals surface area contributed by atoms with Crippen molar-refractivity contribution >= 4 is 31.3 Å². The molecule has 2 heterocycles. The van der Waals surface area contributed by atoms with Crippen molar-refractivity contribution in [3.05, 3.63) is 24.3 Å². The van der Waals surface area contributed by atoms with Crippen LogP contribution in [0, 0.1) is 0 Å². The Labute approximate surface area is 169 Å². The van der Waals surface area contributed by atoms with Gasteiger partial charge in [0.05, 0.1) is 13.1 Å². The van der Waals surface area contributed by atoms with E-state index in [2.05, 4.69) is 0 Å². The molecule has 2 aliphatic heterocycles. The second-order valence-corrected chi connectivity index (χ2v) is 9.92. The highest BCUT2D eigenvalue weighted by molar-refractivity contribution is 7.56. The molecule has 0 spiro atoms. The van der Waals surface area contributed by atoms with E-state index < -0.39 is 25.4 Å². The lowest BCUT2D eigenvalue weighted by atomic mass is 10.4. The van der Waals surface area contributed by atoms with Crippen molar-refractivity contribution in [3.63, 3.8) is 0 Å². The van der Waals surface area contributed by atoms with Crippen LogP contribution < -0.4 is 0 Å². The largest absolute Gasteiger partial charge is 0.481 e. The number of carboxylic acid groups (broad SMARTS) is 1. The molecule has 0 saturated carbocycles. The zero-order chi connectivity index (χ0) is 21.8. The minimum absolute atomic E-state index is 0.0244. The molecule has 0 aliphatic carbocycles. The maximum Gasteiger partial charge on any atom is 0.304 e. The Morgan fingerprint density at radius 1 is 1.00 bits per heavy atom. The molecular weight excluding hydrogens is 401 g/mol. The van der Waals surface area contributed by atoms with Crippen LogP contribution in [0.2, 0.25) is 0 Å². The van der Waals surface area contributed by atoms with Crippen LogP contribution in [0.1, 0.15) is 6.42 Å². The van der Waals surface area contributed by atoms with Crippen molar-refractivity contribution in [3.8, 4) is 0 Å². The lowest BCUT2D eigenvalue weighted by molar-refractivity contribution is -0.138. The molecule has 1 N–H and O–H groups in total. The molecule has 0 aromatic carbocycles. The average Bonchev–Trinajstić information content (AvgIpc) is 3.21. The van der Waals surface area contributed by atoms with E-state index in [1.807, 2.05) is 0 Å². The molecule has 160 valence electrons. The van der Waals surface area contributed by atoms with Crippen LogP contribution >= 0.6 is 7.59 Å². The Kier molecular flexibility index (Phi) is 7.48. The van der Waals surface area contributed by atoms with Crippen molar-refractivity contribution in [2.75, 3.05) is 54.0 Å². The van der Waals surface area contributed by atoms with E-state index in [0.29, 0.717) is 6.54 Å². The Balaban J connectivity index is 2.14. The zero-order valence-electron chi connectivity index (χ0n) is 16.7. The number of hydrogen-bond acceptors (Lipinski definition) is 5. The predicted octanol–water partition coefficient (Wildman–Crippen LogP) is -0.354. The smallest absolute Gasteiger partial charge is 0.304 e. The summed E-state index contributed by atoms with van der Waals surface area (Å²) in [7, 11) is 1.24. The topological polar surface area (TPSA) is 122 Å². The van der Waals surface area contributed by atoms with E-state index in [0.717, 1.165) is 4.90 Å². The van der Waals surface area contributed by atoms with Crippen LogP contribution in [-0.2, 0) is 23.7 Å². The van der Waals surface area contributed by atoms with Crippen LogP contribution in [0.3, 0.4) is 0 Å². The van der Waals surface area contributed by atoms with Crippen LogP contribution in [-0.4, -0.2) is 107 Å². The molecule has 0 fully saturated rings. The SMILES string of the molecule is CN(CCC(=O)O)P(=O)(N(C)CCN1C(=O)C=CC1=O)N(C)CN1CC=CC1=O. The summed E-state index contributed by atoms with van der Waals surface area (Å²) >= 11 is 0. The lowest BCUT2D eigenvalue weighted by Gasteiger charge is -2.41. The molecule has 0 aromatic heterocycles. The highest BCUT2D eigenvalue weighted by atomic mass is 31.2. The van der Waals surface area contributed by atoms with Crippen molar-refractivity contribution in [2.24, 2.45) is 0 Å². The van der Waals surface area contributed by atoms with E-state index in [1.165, 1.54) is 37.1 Å². The van der Waals surface area contributed by atoms with Gasteiger partial charge in [-0.15, -0.1) is 0 Å². The highest BCUT2D eigenvalue weighted by Gasteiger charge is 2.39. The van der Waals surface area contributed by atoms with Crippen molar-refractivity contribution in [1.82, 2.24) is 23.8 Å². The molecule has 0 bridgehead atoms. The summed E-state index contributed by atoms with van der Waals surface area (Å²) in [6.45, 7) is 0.652. The van der Waals surface area contributed by atoms with E-state index in [4.69, 9.17) is 5.11 Å². The van der Waals surface area contributed by atoms with Crippen LogP contribution in [0.4, 0.5) is 0 Å². The summed E-state index contributed by atoms with van der Waals surface area (Å²) in [6.07, 6.45) is 5.29. The fourth-order valence-electron chi connectivity index (χ4n) is 3.13. The summed E-state index contributed by atoms with van der Waals surface area (Å²) in [5.41, 5.74) is 0. The van der Waals surface area contributed by atoms with Crippen LogP contribution in [0.15, 0.2) is 24.3 Å². The van der Waals surface area contributed by atoms with E-state index in [9.17, 15) is 23.7 Å². The fourth-order valence-corrected chi connectivity index (χ4v) is 5.72. The van der Waals surface area contributed by atoms with E-state index in [-0.39, 0.29) is 38.6 Å². The molecule has 2 rings (SSSR count). The summed E-state index contributed by atoms with van der Waals surface area (Å²) in [5, 5.41) is 8.98. The monoisotopic (exact) mass is 427 g/mol. The zero-order valence-corrected chi connectivity index (χ0v) is 17.6. The van der Waals surface area contributed by atoms with Gasteiger partial charge in [0.25, 0.3) is 19.4 Å². The normalized spacial score (nSPS) is 18.8. The quantitative estimate of drug-likeness (QED) is 0.348. The molecule has 11 nitrogen and oxygen atoms in total. The molecule has 1 unspecified atom stereocenters. The fraction of sp³-hybridized carbons (Fsp3) is 0.529. The maximum absolute atomic E-state index is 14.0. The Hall–Kier alpha value is -2.33. The summed E-state index contributed by atoms with van der Waals surface area (Å²) in [4.78, 5) is 48.9. The minimum Gasteiger partial charge on any atom is -0.481 e. The van der Waals surface area contributed by atoms with Gasteiger partial charge in [-0.3, -0.25) is 28.6 Å². The first-order valence-corrected chi connectivity index (χ1v) is 10.6. The number of carboxylic acids is 1. The van der Waals surface area contributed by atoms with Crippen molar-refractivity contribution < 1.29 is 28.8 Å². The molecule has 0 radical (unpaired) electrons. The number of carbonyl (C=O) groups is 4. The van der Waals surface area contributed by atoms with E-state index in [1.54, 1.807) is 27.2 Å². The molecule has 3 amide bonds. The van der Waals surface area contributed by atoms with Gasteiger partial charge in [-0.05, 0) is 21.1 Å². The number of amides is 3. The molecule has 29 heavy (non-hydrogen) atoms. The Morgan fingerprint density at radius 2 is 1.59 bits per heavy atom. The van der Waals surface area contributed by atoms with Gasteiger partial charge in [0.15, 0.2) is 0 Å². The van der Waals surface area contributed by atoms with Gasteiger partial charge in [-0.1, -0.05) is 6.08 Å². The molecule has 0 saturated heterocycles. The molecule has 1 atom stereocenters. The number of carbonyl (C=O) groups excluding carboxylic acids is 3. The summed E-state index contributed by atoms with van der Waals surface area (Å²) < 4.78 is 18.5. The predicted molar refractivity (Wildman–Crippen MR) is 104 cm³/mol. The number of hydrogen-bond donors (Lipinski definition) is 1. The van der Waals surface area contributed by atoms with Gasteiger partial charge in [-0.25, -0.2) is 14.0 Å². The first-order valence-electron chi connectivity index (χ1n) is 9.03. The van der Waals surface area contributed by atoms with Crippen molar-refractivity contribution in [1.29, 1.82) is 0 Å². The number of nitrogens with zero attached hydrogens (tertiary/aromatic N) is 5. The maximum atomic E-state index is 14.0. The third kappa shape index (κ3) is 5.18. The van der Waals surface area contributed by atoms with Crippen molar-refractivity contribution in [2.45, 2.75) is 6.42 Å². The molecular formula is C17H26N5O6P. The lowest BCUT2D eigenvalue weighted by Crippen LogP contribution is -2.45. The first kappa shape index (κ1) is 23.0. The van der Waals surface area contributed by atoms with Gasteiger partial charge in [0.2, 0.25) is 5.91 Å². The standard InChI is InChI=1S/C17H26N5O6P/c1-18(10-8-17(26)27)29(28,20(3)13-21-9-4-5-14(21)23)19(2)11-12-22-15(24)6-7-16(22)25/h4-7H,8-13H2,1-3H3,(H,26,27). The van der Waals surface area contributed by atoms with Gasteiger partial charge in [0.1, 0.15) is 0 Å². The van der Waals surface area contributed by atoms with Gasteiger partial charge in [-0.2, -0.15) is 0 Å². The second-order valence-electron chi connectivity index (χ2n) is 6.84. The van der Waals surface area contributed by atoms with E-state index >= 15 is 0 Å². The Morgan fingerprint density at radius 3 is 2.10 bits per heavy atom. The third-order valence-corrected chi connectivity index (χ3v) is 8.00. The summed E-state index contributed by atoms with van der Waals surface area (Å²) in [6, 6.07) is 0. The number of likely N-dealkylation sites (N-methyl/N-ethyl adjacent to an activating group) is 1. The minimum atomic E-state index is -3.48. The highest BCUT2D eigenvalue weighted by Crippen LogP contribution is 2.53. The number of aliphatic carboxylic acids is 1.